The van der Waals surface area contributed by atoms with Crippen LogP contribution < -0.4 is 0 Å². The first-order valence-corrected chi connectivity index (χ1v) is 0.561. The summed E-state index contributed by atoms with van der Waals surface area (Å²) in [6, 6.07) is 0. The molecule has 0 saturated carbocycles. The summed E-state index contributed by atoms with van der Waals surface area (Å²) in [7, 11) is 0. The third kappa shape index (κ3) is 8.97. The summed E-state index contributed by atoms with van der Waals surface area (Å²) in [5.74, 6) is 0. The van der Waals surface area contributed by atoms with Crippen molar-refractivity contribution in [3.8, 4) is 0 Å². The van der Waals surface area contributed by atoms with E-state index in [0.717, 1.165) is 0 Å². The molecule has 0 heterocycles. The van der Waals surface area contributed by atoms with E-state index < -0.39 is 0 Å². The minimum atomic E-state index is 0. The molecule has 22 valence electrons. The van der Waals surface area contributed by atoms with Gasteiger partial charge < -0.3 is 0 Å². The van der Waals surface area contributed by atoms with E-state index in [1.54, 1.807) is 0 Å². The van der Waals surface area contributed by atoms with E-state index in [9.17, 15) is 0 Å². The van der Waals surface area contributed by atoms with Crippen LogP contribution in [-0.2, 0) is 19.5 Å². The van der Waals surface area contributed by atoms with Crippen LogP contribution >= 0.6 is 0 Å². The van der Waals surface area contributed by atoms with E-state index in [-0.39, 0.29) is 90.2 Å². The van der Waals surface area contributed by atoms with Gasteiger partial charge in [0, 0.05) is 41.3 Å². The normalized spacial score (nSPS) is 1.25. The van der Waals surface area contributed by atoms with Gasteiger partial charge in [-0.05, 0) is 0 Å². The van der Waals surface area contributed by atoms with Gasteiger partial charge in [0.2, 0.25) is 0 Å². The predicted molar refractivity (Wildman–Crippen MR) is 9.23 cm³/mol. The molecule has 0 spiro atoms. The second kappa shape index (κ2) is 16.3. The largest absolute Gasteiger partial charge is 0 e. The zero-order chi connectivity index (χ0) is 2.00. The summed E-state index contributed by atoms with van der Waals surface area (Å²) in [6.45, 7) is 0. The summed E-state index contributed by atoms with van der Waals surface area (Å²) in [4.78, 5) is 0. The van der Waals surface area contributed by atoms with Gasteiger partial charge >= 0.3 is 68.4 Å². The molecule has 0 atom stereocenters. The molecule has 0 amide bonds. The molecule has 0 rings (SSSR count). The molecule has 4 heavy (non-hydrogen) atoms. The van der Waals surface area contributed by atoms with Crippen molar-refractivity contribution in [2.45, 2.75) is 0 Å². The molecular weight excluding hydrogens is 353 g/mol. The van der Waals surface area contributed by atoms with Crippen molar-refractivity contribution in [2.75, 3.05) is 0 Å². The van der Waals surface area contributed by atoms with Gasteiger partial charge in [0.15, 0.2) is 0 Å². The molecule has 4 heteroatoms. The second-order valence-corrected chi connectivity index (χ2v) is 0. The molecule has 0 aliphatic carbocycles. The Kier molecular flexibility index (Phi) is 64.0. The average molecular weight is 355 g/mol. The van der Waals surface area contributed by atoms with Gasteiger partial charge in [-0.15, -0.1) is 0 Å². The van der Waals surface area contributed by atoms with Gasteiger partial charge in [-0.3, -0.25) is 0 Å². The maximum Gasteiger partial charge on any atom is 0 e. The van der Waals surface area contributed by atoms with Crippen molar-refractivity contribution in [3.05, 3.63) is 0 Å². The maximum absolute atomic E-state index is 7.94. The van der Waals surface area contributed by atoms with Crippen LogP contribution in [0.25, 0.3) is 0 Å². The molecule has 1 radical (unpaired) electrons. The van der Waals surface area contributed by atoms with Crippen LogP contribution in [0.1, 0.15) is 0 Å². The predicted octanol–water partition coefficient (Wildman–Crippen LogP) is -1.04. The zero-order valence-corrected chi connectivity index (χ0v) is 6.06. The average Bonchev–Trinajstić information content (AvgIpc) is 1.00. The Bertz CT molecular complexity index is 8.00. The van der Waals surface area contributed by atoms with Gasteiger partial charge in [0.05, 0.1) is 0 Å². The fourth-order valence-electron chi connectivity index (χ4n) is 0. The van der Waals surface area contributed by atoms with Crippen LogP contribution in [0.4, 0.5) is 0 Å². The molecule has 0 aliphatic rings. The fourth-order valence-corrected chi connectivity index (χ4v) is 0. The molecule has 0 aromatic rings. The van der Waals surface area contributed by atoms with Crippen LogP contribution in [-0.4, -0.2) is 48.9 Å². The molecule has 0 aromatic carbocycles. The van der Waals surface area contributed by atoms with Crippen LogP contribution in [0.3, 0.4) is 0 Å². The fraction of sp³-hybridized carbons (Fsp3) is 0. The zero-order valence-electron chi connectivity index (χ0n) is 1.32. The molecule has 0 aliphatic heterocycles. The van der Waals surface area contributed by atoms with Crippen LogP contribution in [0.5, 0.6) is 0 Å². The Morgan fingerprint density at radius 2 is 1.25 bits per heavy atom. The van der Waals surface area contributed by atoms with E-state index in [1.165, 1.54) is 0 Å². The van der Waals surface area contributed by atoms with Crippen molar-refractivity contribution in [3.63, 3.8) is 0 Å². The van der Waals surface area contributed by atoms with Gasteiger partial charge in [-0.25, -0.2) is 0 Å². The molecule has 0 aromatic heterocycles. The minimum absolute atomic E-state index is 0. The van der Waals surface area contributed by atoms with Crippen molar-refractivity contribution in [1.29, 1.82) is 0 Å². The summed E-state index contributed by atoms with van der Waals surface area (Å²) in [6.07, 6.45) is 0. The van der Waals surface area contributed by atoms with E-state index in [0.29, 0.717) is 0 Å². The Morgan fingerprint density at radius 1 is 1.25 bits per heavy atom. The Hall–Kier alpha value is 3.24. The third-order valence-electron chi connectivity index (χ3n) is 0. The first-order valence-electron chi connectivity index (χ1n) is 0.136. The van der Waals surface area contributed by atoms with Crippen molar-refractivity contribution < 1.29 is 60.8 Å². The van der Waals surface area contributed by atoms with Crippen LogP contribution in [0.2, 0.25) is 0 Å². The monoisotopic (exact) mass is 356 g/mol. The Balaban J connectivity index is -0.00000000500. The topological polar surface area (TPSA) is 17.1 Å². The SMILES string of the molecule is [BaH2].[O]=[Co].[Pr]. The summed E-state index contributed by atoms with van der Waals surface area (Å²) in [5.41, 5.74) is 0. The van der Waals surface area contributed by atoms with Gasteiger partial charge in [-0.1, -0.05) is 0 Å². The van der Waals surface area contributed by atoms with Crippen LogP contribution in [0.15, 0.2) is 0 Å². The molecule has 0 fully saturated rings. The number of hydrogen-bond donors (Lipinski definition) is 0. The van der Waals surface area contributed by atoms with Gasteiger partial charge in [0.25, 0.3) is 0 Å². The first-order chi connectivity index (χ1) is 1.00. The third-order valence-corrected chi connectivity index (χ3v) is 0. The van der Waals surface area contributed by atoms with Crippen molar-refractivity contribution in [2.24, 2.45) is 0 Å². The summed E-state index contributed by atoms with van der Waals surface area (Å²) >= 11 is 2.31. The van der Waals surface area contributed by atoms with E-state index >= 15 is 0 Å². The summed E-state index contributed by atoms with van der Waals surface area (Å²) < 4.78 is 7.94. The Morgan fingerprint density at radius 3 is 1.25 bits per heavy atom. The molecule has 0 unspecified atom stereocenters. The Labute approximate surface area is 106 Å². The smallest absolute Gasteiger partial charge is 0 e. The van der Waals surface area contributed by atoms with Crippen molar-refractivity contribution in [1.82, 2.24) is 0 Å². The van der Waals surface area contributed by atoms with Crippen LogP contribution in [0, 0.1) is 41.3 Å². The quantitative estimate of drug-likeness (QED) is 0.508. The van der Waals surface area contributed by atoms with E-state index in [1.807, 2.05) is 0 Å². The second-order valence-electron chi connectivity index (χ2n) is 0. The number of rotatable bonds is 0. The maximum atomic E-state index is 7.94. The summed E-state index contributed by atoms with van der Waals surface area (Å²) in [5, 5.41) is 0. The molecule has 0 saturated heterocycles. The van der Waals surface area contributed by atoms with E-state index in [2.05, 4.69) is 15.7 Å². The van der Waals surface area contributed by atoms with Gasteiger partial charge in [-0.2, -0.15) is 0 Å². The van der Waals surface area contributed by atoms with Crippen molar-refractivity contribution >= 4 is 48.9 Å². The molecule has 1 nitrogen and oxygen atoms in total. The molecular formula is H2BaCoOPr. The van der Waals surface area contributed by atoms with E-state index in [4.69, 9.17) is 3.87 Å². The standard InChI is InChI=1S/Ba.Co.O.Pr.2H. The first kappa shape index (κ1) is 15.7. The molecule has 0 bridgehead atoms. The minimum Gasteiger partial charge on any atom is 0 e. The number of hydrogen-bond acceptors (Lipinski definition) is 1. The van der Waals surface area contributed by atoms with Gasteiger partial charge in [0.1, 0.15) is 0 Å². The molecule has 0 N–H and O–H groups in total.